The third-order valence-corrected chi connectivity index (χ3v) is 1.87. The molecule has 3 N–H and O–H groups in total. The number of anilines is 2. The number of alkyl halides is 3. The van der Waals surface area contributed by atoms with Gasteiger partial charge in [-0.05, 0) is 6.07 Å². The number of halogens is 3. The number of pyridine rings is 1. The Balaban J connectivity index is 2.85. The van der Waals surface area contributed by atoms with Crippen molar-refractivity contribution in [2.24, 2.45) is 0 Å². The van der Waals surface area contributed by atoms with Crippen LogP contribution in [0.1, 0.15) is 0 Å². The Morgan fingerprint density at radius 2 is 2.12 bits per heavy atom. The Morgan fingerprint density at radius 3 is 2.62 bits per heavy atom. The van der Waals surface area contributed by atoms with Crippen molar-refractivity contribution >= 4 is 11.5 Å². The molecule has 0 atom stereocenters. The maximum absolute atomic E-state index is 12.2. The summed E-state index contributed by atoms with van der Waals surface area (Å²) in [4.78, 5) is 4.68. The molecule has 0 amide bonds. The van der Waals surface area contributed by atoms with E-state index in [1.165, 1.54) is 18.3 Å². The van der Waals surface area contributed by atoms with E-state index in [4.69, 9.17) is 10.8 Å². The summed E-state index contributed by atoms with van der Waals surface area (Å²) in [6, 6.07) is 2.75. The molecule has 0 fully saturated rings. The van der Waals surface area contributed by atoms with Gasteiger partial charge in [-0.3, -0.25) is 0 Å². The molecule has 90 valence electrons. The Kier molecular flexibility index (Phi) is 3.94. The average Bonchev–Trinajstić information content (AvgIpc) is 2.15. The van der Waals surface area contributed by atoms with Crippen LogP contribution in [0, 0.1) is 0 Å². The van der Waals surface area contributed by atoms with Crippen LogP contribution >= 0.6 is 0 Å². The third-order valence-electron chi connectivity index (χ3n) is 1.87. The standard InChI is InChI=1S/C9H12F3N3O/c10-9(11,12)6-15(3-4-16)7-1-2-14-8(13)5-7/h1-2,5,16H,3-4,6H2,(H2,13,14). The Bertz CT molecular complexity index is 343. The molecule has 1 aromatic rings. The third kappa shape index (κ3) is 3.93. The summed E-state index contributed by atoms with van der Waals surface area (Å²) in [5.74, 6) is 0.141. The summed E-state index contributed by atoms with van der Waals surface area (Å²) in [6.45, 7) is -1.60. The van der Waals surface area contributed by atoms with E-state index in [9.17, 15) is 13.2 Å². The predicted octanol–water partition coefficient (Wildman–Crippen LogP) is 1.02. The molecule has 7 heteroatoms. The molecule has 0 saturated heterocycles. The van der Waals surface area contributed by atoms with E-state index in [0.717, 1.165) is 4.90 Å². The molecular formula is C9H12F3N3O. The van der Waals surface area contributed by atoms with Crippen LogP contribution in [0.2, 0.25) is 0 Å². The van der Waals surface area contributed by atoms with Crippen LogP contribution in [0.3, 0.4) is 0 Å². The van der Waals surface area contributed by atoms with Crippen molar-refractivity contribution in [3.63, 3.8) is 0 Å². The molecule has 1 aromatic heterocycles. The molecule has 0 saturated carbocycles. The molecule has 16 heavy (non-hydrogen) atoms. The Morgan fingerprint density at radius 1 is 1.44 bits per heavy atom. The highest BCUT2D eigenvalue weighted by Gasteiger charge is 2.30. The van der Waals surface area contributed by atoms with Crippen LogP contribution in [0.15, 0.2) is 18.3 Å². The smallest absolute Gasteiger partial charge is 0.395 e. The van der Waals surface area contributed by atoms with Gasteiger partial charge in [0.1, 0.15) is 12.4 Å². The lowest BCUT2D eigenvalue weighted by molar-refractivity contribution is -0.119. The zero-order valence-corrected chi connectivity index (χ0v) is 8.41. The minimum absolute atomic E-state index is 0.108. The Hall–Kier alpha value is -1.50. The number of hydrogen-bond acceptors (Lipinski definition) is 4. The molecule has 1 rings (SSSR count). The van der Waals surface area contributed by atoms with Gasteiger partial charge >= 0.3 is 6.18 Å². The molecule has 0 aliphatic heterocycles. The normalized spacial score (nSPS) is 11.5. The van der Waals surface area contributed by atoms with Gasteiger partial charge in [0.25, 0.3) is 0 Å². The van der Waals surface area contributed by atoms with E-state index in [2.05, 4.69) is 4.98 Å². The van der Waals surface area contributed by atoms with Gasteiger partial charge < -0.3 is 15.7 Å². The topological polar surface area (TPSA) is 62.4 Å². The molecule has 0 unspecified atom stereocenters. The molecule has 0 aromatic carbocycles. The lowest BCUT2D eigenvalue weighted by atomic mass is 10.3. The van der Waals surface area contributed by atoms with Gasteiger partial charge in [0.2, 0.25) is 0 Å². The highest BCUT2D eigenvalue weighted by atomic mass is 19.4. The van der Waals surface area contributed by atoms with Gasteiger partial charge in [0, 0.05) is 24.5 Å². The zero-order valence-electron chi connectivity index (χ0n) is 8.41. The second-order valence-electron chi connectivity index (χ2n) is 3.20. The first-order chi connectivity index (χ1) is 7.42. The second kappa shape index (κ2) is 5.02. The number of hydrogen-bond donors (Lipinski definition) is 2. The number of rotatable bonds is 4. The highest BCUT2D eigenvalue weighted by Crippen LogP contribution is 2.22. The van der Waals surface area contributed by atoms with Gasteiger partial charge in [-0.1, -0.05) is 0 Å². The van der Waals surface area contributed by atoms with Gasteiger partial charge in [-0.15, -0.1) is 0 Å². The number of aliphatic hydroxyl groups excluding tert-OH is 1. The van der Waals surface area contributed by atoms with Crippen LogP contribution in [-0.2, 0) is 0 Å². The number of nitrogens with zero attached hydrogens (tertiary/aromatic N) is 2. The summed E-state index contributed by atoms with van der Waals surface area (Å²) < 4.78 is 36.7. The van der Waals surface area contributed by atoms with Crippen LogP contribution < -0.4 is 10.6 Å². The molecular weight excluding hydrogens is 223 g/mol. The Labute approximate surface area is 90.5 Å². The van der Waals surface area contributed by atoms with Crippen LogP contribution in [0.4, 0.5) is 24.7 Å². The lowest BCUT2D eigenvalue weighted by Crippen LogP contribution is -2.36. The average molecular weight is 235 g/mol. The van der Waals surface area contributed by atoms with Gasteiger partial charge in [-0.25, -0.2) is 4.98 Å². The van der Waals surface area contributed by atoms with E-state index in [1.807, 2.05) is 0 Å². The fourth-order valence-electron chi connectivity index (χ4n) is 1.27. The van der Waals surface area contributed by atoms with Gasteiger partial charge in [0.05, 0.1) is 6.61 Å². The van der Waals surface area contributed by atoms with E-state index in [0.29, 0.717) is 5.69 Å². The SMILES string of the molecule is Nc1cc(N(CCO)CC(F)(F)F)ccn1. The number of aliphatic hydroxyl groups is 1. The summed E-state index contributed by atoms with van der Waals surface area (Å²) in [5.41, 5.74) is 5.67. The minimum Gasteiger partial charge on any atom is -0.395 e. The number of nitrogens with two attached hydrogens (primary N) is 1. The first-order valence-corrected chi connectivity index (χ1v) is 4.56. The molecule has 0 aliphatic carbocycles. The molecule has 4 nitrogen and oxygen atoms in total. The molecule has 0 aliphatic rings. The van der Waals surface area contributed by atoms with E-state index >= 15 is 0 Å². The lowest BCUT2D eigenvalue weighted by Gasteiger charge is -2.25. The maximum atomic E-state index is 12.2. The van der Waals surface area contributed by atoms with Gasteiger partial charge in [-0.2, -0.15) is 13.2 Å². The zero-order chi connectivity index (χ0) is 12.2. The fraction of sp³-hybridized carbons (Fsp3) is 0.444. The van der Waals surface area contributed by atoms with Crippen molar-refractivity contribution in [1.82, 2.24) is 4.98 Å². The van der Waals surface area contributed by atoms with Crippen molar-refractivity contribution in [3.8, 4) is 0 Å². The summed E-state index contributed by atoms with van der Waals surface area (Å²) in [5, 5.41) is 8.71. The highest BCUT2D eigenvalue weighted by molar-refractivity contribution is 5.52. The summed E-state index contributed by atoms with van der Waals surface area (Å²) >= 11 is 0. The fourth-order valence-corrected chi connectivity index (χ4v) is 1.27. The maximum Gasteiger partial charge on any atom is 0.405 e. The van der Waals surface area contributed by atoms with Crippen molar-refractivity contribution in [1.29, 1.82) is 0 Å². The second-order valence-corrected chi connectivity index (χ2v) is 3.20. The predicted molar refractivity (Wildman–Crippen MR) is 54.0 cm³/mol. The first kappa shape index (κ1) is 12.6. The van der Waals surface area contributed by atoms with E-state index in [-0.39, 0.29) is 19.0 Å². The summed E-state index contributed by atoms with van der Waals surface area (Å²) in [6.07, 6.45) is -3.00. The van der Waals surface area contributed by atoms with Crippen molar-refractivity contribution < 1.29 is 18.3 Å². The van der Waals surface area contributed by atoms with Crippen molar-refractivity contribution in [2.45, 2.75) is 6.18 Å². The number of aromatic nitrogens is 1. The quantitative estimate of drug-likeness (QED) is 0.818. The van der Waals surface area contributed by atoms with E-state index < -0.39 is 12.7 Å². The monoisotopic (exact) mass is 235 g/mol. The van der Waals surface area contributed by atoms with Crippen molar-refractivity contribution in [3.05, 3.63) is 18.3 Å². The summed E-state index contributed by atoms with van der Waals surface area (Å²) in [7, 11) is 0. The molecule has 0 bridgehead atoms. The van der Waals surface area contributed by atoms with Crippen LogP contribution in [0.25, 0.3) is 0 Å². The molecule has 0 spiro atoms. The van der Waals surface area contributed by atoms with Gasteiger partial charge in [0.15, 0.2) is 0 Å². The number of nitrogen functional groups attached to an aromatic ring is 1. The first-order valence-electron chi connectivity index (χ1n) is 4.56. The van der Waals surface area contributed by atoms with Crippen LogP contribution in [-0.4, -0.2) is 36.0 Å². The minimum atomic E-state index is -4.33. The van der Waals surface area contributed by atoms with Crippen molar-refractivity contribution in [2.75, 3.05) is 30.3 Å². The van der Waals surface area contributed by atoms with E-state index in [1.54, 1.807) is 0 Å². The molecule has 1 heterocycles. The largest absolute Gasteiger partial charge is 0.405 e. The molecule has 0 radical (unpaired) electrons. The van der Waals surface area contributed by atoms with Crippen LogP contribution in [0.5, 0.6) is 0 Å².